The number of ether oxygens (including phenoxy) is 4. The molecule has 4 unspecified atom stereocenters. The summed E-state index contributed by atoms with van der Waals surface area (Å²) in [7, 11) is -9.70. The largest absolute Gasteiger partial charge is 0.472 e. The Morgan fingerprint density at radius 3 is 0.983 bits per heavy atom. The smallest absolute Gasteiger partial charge is 0.462 e. The number of hydrogen-bond donors (Lipinski definition) is 8. The lowest BCUT2D eigenvalue weighted by Gasteiger charge is -2.23. The standard InChI is InChI=1S/C90H164N4O20P2/c1-7-13-19-25-29-33-37-43-49-57-81(113-87(99)61-51-45-39-35-31-27-21-15-9-3)71-85(97)93-77(73-107-67-63-79(95)55-47-41-23-17-11-5)75-111-115(103,104)109-69-65-91-89(101)83-59-53-54-60-84(83)90(102)92-66-70-110-116(105,106)112-76-78(74-108-68-64-80(96)56-48-42-24-18-12-6)94-86(98)72-82(58-50-44-38-34-30-26-20-14-8-2)114-88(100)62-52-46-40-36-32-28-22-16-10-4/h35-36,39-40,53-54,59-60,77-82,95-96H,7-34,37-38,41-52,55-58,61-76H2,1-6H3,(H,91,101)(H,92,102)(H,93,97)(H,94,98)(H,103,104)(H,105,106)/b39-35+,40-36+/t77?,78?,79-,80-,81-,82-/m1/s1. The second-order valence-corrected chi connectivity index (χ2v) is 34.4. The van der Waals surface area contributed by atoms with Gasteiger partial charge in [0.2, 0.25) is 11.8 Å². The topological polar surface area (TPSA) is 339 Å². The van der Waals surface area contributed by atoms with Crippen LogP contribution in [0.5, 0.6) is 0 Å². The molecule has 0 aliphatic rings. The minimum Gasteiger partial charge on any atom is -0.462 e. The minimum absolute atomic E-state index is 0.0723. The van der Waals surface area contributed by atoms with E-state index in [0.29, 0.717) is 51.4 Å². The SMILES string of the molecule is CCCCCC/C=C/CCCC(=O)O[C@H](CCCCCCCCCCC)CC(=O)NC(COCC[C@H](O)CCCCCCC)COP(=O)(O)OCCNC(=O)c1ccccc1C(=O)NCCOP(=O)(O)OCC(COCC[C@H](O)CCCCCCC)NC(=O)C[C@@H](CCCCCCCCCCC)OC(=O)CCC/C=C/CCCCCC. The molecule has 0 radical (unpaired) electrons. The lowest BCUT2D eigenvalue weighted by Crippen LogP contribution is -2.43. The molecular weight excluding hydrogens is 1520 g/mol. The van der Waals surface area contributed by atoms with Gasteiger partial charge in [0, 0.05) is 39.1 Å². The van der Waals surface area contributed by atoms with Crippen LogP contribution in [0.2, 0.25) is 0 Å². The first-order chi connectivity index (χ1) is 56.2. The summed E-state index contributed by atoms with van der Waals surface area (Å²) in [6.07, 6.45) is 53.5. The van der Waals surface area contributed by atoms with Crippen molar-refractivity contribution in [2.24, 2.45) is 0 Å². The fourth-order valence-electron chi connectivity index (χ4n) is 13.4. The van der Waals surface area contributed by atoms with Crippen molar-refractivity contribution in [2.75, 3.05) is 65.9 Å². The number of esters is 2. The van der Waals surface area contributed by atoms with Crippen molar-refractivity contribution in [1.82, 2.24) is 21.3 Å². The molecule has 0 saturated heterocycles. The highest BCUT2D eigenvalue weighted by Crippen LogP contribution is 2.44. The number of aliphatic hydroxyl groups is 2. The second kappa shape index (κ2) is 76.7. The van der Waals surface area contributed by atoms with E-state index in [-0.39, 0.29) is 88.3 Å². The van der Waals surface area contributed by atoms with Crippen molar-refractivity contribution in [2.45, 2.75) is 412 Å². The van der Waals surface area contributed by atoms with Gasteiger partial charge in [-0.05, 0) is 115 Å². The van der Waals surface area contributed by atoms with Gasteiger partial charge in [0.25, 0.3) is 11.8 Å². The maximum absolute atomic E-state index is 13.9. The van der Waals surface area contributed by atoms with E-state index in [2.05, 4.69) is 87.1 Å². The molecule has 674 valence electrons. The minimum atomic E-state index is -4.85. The van der Waals surface area contributed by atoms with Crippen LogP contribution in [-0.2, 0) is 65.4 Å². The van der Waals surface area contributed by atoms with Crippen LogP contribution < -0.4 is 21.3 Å². The highest BCUT2D eigenvalue weighted by molar-refractivity contribution is 7.47. The Balaban J connectivity index is 3.10. The lowest BCUT2D eigenvalue weighted by atomic mass is 10.0. The predicted octanol–water partition coefficient (Wildman–Crippen LogP) is 20.5. The maximum atomic E-state index is 13.9. The zero-order valence-electron chi connectivity index (χ0n) is 73.1. The average Bonchev–Trinajstić information content (AvgIpc) is 0.839. The first-order valence-corrected chi connectivity index (χ1v) is 48.9. The molecule has 0 aromatic heterocycles. The molecule has 8 atom stereocenters. The summed E-state index contributed by atoms with van der Waals surface area (Å²) in [4.78, 5) is 103. The first kappa shape index (κ1) is 110. The van der Waals surface area contributed by atoms with Gasteiger partial charge in [0.1, 0.15) is 12.2 Å². The number of unbranched alkanes of at least 4 members (excludes halogenated alkanes) is 34. The van der Waals surface area contributed by atoms with Crippen molar-refractivity contribution in [1.29, 1.82) is 0 Å². The number of carbonyl (C=O) groups is 6. The molecule has 26 heteroatoms. The van der Waals surface area contributed by atoms with Crippen LogP contribution in [0, 0.1) is 0 Å². The number of nitrogens with one attached hydrogen (secondary N) is 4. The normalized spacial score (nSPS) is 14.4. The van der Waals surface area contributed by atoms with E-state index in [1.54, 1.807) is 0 Å². The van der Waals surface area contributed by atoms with E-state index in [4.69, 9.17) is 37.0 Å². The monoisotopic (exact) mass is 1680 g/mol. The summed E-state index contributed by atoms with van der Waals surface area (Å²) in [5.74, 6) is -3.19. The van der Waals surface area contributed by atoms with Gasteiger partial charge in [-0.15, -0.1) is 0 Å². The van der Waals surface area contributed by atoms with E-state index in [0.717, 1.165) is 154 Å². The summed E-state index contributed by atoms with van der Waals surface area (Å²) < 4.78 is 71.9. The molecule has 8 N–H and O–H groups in total. The van der Waals surface area contributed by atoms with Crippen LogP contribution in [0.3, 0.4) is 0 Å². The second-order valence-electron chi connectivity index (χ2n) is 31.5. The summed E-state index contributed by atoms with van der Waals surface area (Å²) in [5, 5.41) is 32.2. The molecule has 1 aromatic carbocycles. The third kappa shape index (κ3) is 67.3. The number of rotatable bonds is 84. The van der Waals surface area contributed by atoms with Crippen molar-refractivity contribution in [3.63, 3.8) is 0 Å². The van der Waals surface area contributed by atoms with Crippen LogP contribution in [0.25, 0.3) is 0 Å². The van der Waals surface area contributed by atoms with Gasteiger partial charge in [-0.2, -0.15) is 0 Å². The molecule has 0 saturated carbocycles. The van der Waals surface area contributed by atoms with E-state index < -0.39 is 102 Å². The Labute approximate surface area is 701 Å². The molecule has 0 spiro atoms. The number of amides is 4. The zero-order chi connectivity index (χ0) is 85.1. The fraction of sp³-hybridized carbons (Fsp3) is 0.822. The molecule has 0 heterocycles. The predicted molar refractivity (Wildman–Crippen MR) is 464 cm³/mol. The summed E-state index contributed by atoms with van der Waals surface area (Å²) in [6, 6.07) is 3.91. The summed E-state index contributed by atoms with van der Waals surface area (Å²) in [5.41, 5.74) is -0.145. The number of benzene rings is 1. The molecule has 1 rings (SSSR count). The van der Waals surface area contributed by atoms with Crippen molar-refractivity contribution in [3.8, 4) is 0 Å². The Bertz CT molecular complexity index is 2570. The molecule has 116 heavy (non-hydrogen) atoms. The zero-order valence-corrected chi connectivity index (χ0v) is 74.9. The van der Waals surface area contributed by atoms with Crippen molar-refractivity contribution < 1.29 is 94.9 Å². The number of phosphoric acid groups is 2. The van der Waals surface area contributed by atoms with Crippen molar-refractivity contribution in [3.05, 3.63) is 59.7 Å². The van der Waals surface area contributed by atoms with Crippen molar-refractivity contribution >= 4 is 51.2 Å². The van der Waals surface area contributed by atoms with Crippen LogP contribution in [0.1, 0.15) is 396 Å². The van der Waals surface area contributed by atoms with E-state index >= 15 is 0 Å². The van der Waals surface area contributed by atoms with E-state index in [1.807, 2.05) is 0 Å². The Hall–Kier alpha value is -4.42. The molecule has 0 aliphatic heterocycles. The molecule has 4 amide bonds. The summed E-state index contributed by atoms with van der Waals surface area (Å²) in [6.45, 7) is 10.3. The Morgan fingerprint density at radius 1 is 0.362 bits per heavy atom. The van der Waals surface area contributed by atoms with Gasteiger partial charge < -0.3 is 60.2 Å². The van der Waals surface area contributed by atoms with Gasteiger partial charge in [-0.25, -0.2) is 9.13 Å². The highest BCUT2D eigenvalue weighted by Gasteiger charge is 2.29. The number of hydrogen-bond acceptors (Lipinski definition) is 18. The van der Waals surface area contributed by atoms with Crippen LogP contribution in [0.15, 0.2) is 48.6 Å². The molecule has 0 fully saturated rings. The molecule has 1 aromatic rings. The number of aliphatic hydroxyl groups excluding tert-OH is 2. The Morgan fingerprint density at radius 2 is 0.655 bits per heavy atom. The van der Waals surface area contributed by atoms with Gasteiger partial charge in [-0.1, -0.05) is 283 Å². The first-order valence-electron chi connectivity index (χ1n) is 45.9. The third-order valence-electron chi connectivity index (χ3n) is 20.4. The molecule has 24 nitrogen and oxygen atoms in total. The van der Waals surface area contributed by atoms with Gasteiger partial charge in [0.15, 0.2) is 0 Å². The molecule has 0 bridgehead atoms. The maximum Gasteiger partial charge on any atom is 0.472 e. The van der Waals surface area contributed by atoms with Gasteiger partial charge >= 0.3 is 27.6 Å². The molecule has 0 aliphatic carbocycles. The summed E-state index contributed by atoms with van der Waals surface area (Å²) >= 11 is 0. The van der Waals surface area contributed by atoms with Gasteiger partial charge in [-0.3, -0.25) is 46.9 Å². The van der Waals surface area contributed by atoms with E-state index in [9.17, 15) is 57.9 Å². The Kier molecular flexibility index (Phi) is 72.5. The number of carbonyl (C=O) groups excluding carboxylic acids is 6. The van der Waals surface area contributed by atoms with Crippen LogP contribution >= 0.6 is 15.6 Å². The lowest BCUT2D eigenvalue weighted by molar-refractivity contribution is -0.152. The van der Waals surface area contributed by atoms with E-state index in [1.165, 1.54) is 127 Å². The third-order valence-corrected chi connectivity index (χ3v) is 22.4. The number of allylic oxidation sites excluding steroid dienone is 4. The quantitative estimate of drug-likeness (QED) is 0.0130. The van der Waals surface area contributed by atoms with Crippen LogP contribution in [0.4, 0.5) is 0 Å². The van der Waals surface area contributed by atoms with Gasteiger partial charge in [0.05, 0.1) is 87.9 Å². The molecular formula is C90H164N4O20P2. The highest BCUT2D eigenvalue weighted by atomic mass is 31.2. The fourth-order valence-corrected chi connectivity index (χ4v) is 14.9. The number of phosphoric ester groups is 2. The van der Waals surface area contributed by atoms with Crippen LogP contribution in [-0.4, -0.2) is 158 Å². The average molecular weight is 1680 g/mol.